The quantitative estimate of drug-likeness (QED) is 0.639. The molecule has 0 aliphatic heterocycles. The van der Waals surface area contributed by atoms with Crippen molar-refractivity contribution in [2.75, 3.05) is 12.0 Å². The number of hydrogen-bond donors (Lipinski definition) is 2. The van der Waals surface area contributed by atoms with Crippen molar-refractivity contribution in [3.8, 4) is 5.88 Å². The fraction of sp³-hybridized carbons (Fsp3) is 0.733. The summed E-state index contributed by atoms with van der Waals surface area (Å²) in [4.78, 5) is 8.95. The Morgan fingerprint density at radius 3 is 2.55 bits per heavy atom. The summed E-state index contributed by atoms with van der Waals surface area (Å²) in [6.45, 7) is 6.82. The number of hydrogen-bond acceptors (Lipinski definition) is 5. The molecule has 0 bridgehead atoms. The van der Waals surface area contributed by atoms with Crippen LogP contribution >= 0.6 is 0 Å². The first kappa shape index (κ1) is 15.0. The third kappa shape index (κ3) is 3.60. The van der Waals surface area contributed by atoms with Crippen LogP contribution in [-0.4, -0.2) is 16.6 Å². The predicted molar refractivity (Wildman–Crippen MR) is 80.7 cm³/mol. The van der Waals surface area contributed by atoms with Crippen LogP contribution in [0.2, 0.25) is 0 Å². The summed E-state index contributed by atoms with van der Waals surface area (Å²) in [7, 11) is 0. The van der Waals surface area contributed by atoms with Gasteiger partial charge < -0.3 is 10.2 Å². The normalized spacial score (nSPS) is 16.4. The molecule has 0 radical (unpaired) electrons. The number of aromatic nitrogens is 2. The minimum atomic E-state index is 0.250. The van der Waals surface area contributed by atoms with Crippen LogP contribution in [0, 0.1) is 12.8 Å². The van der Waals surface area contributed by atoms with Gasteiger partial charge in [-0.1, -0.05) is 33.1 Å². The third-order valence-electron chi connectivity index (χ3n) is 3.95. The topological polar surface area (TPSA) is 73.1 Å². The highest BCUT2D eigenvalue weighted by molar-refractivity contribution is 5.47. The van der Waals surface area contributed by atoms with E-state index in [1.54, 1.807) is 0 Å². The van der Waals surface area contributed by atoms with Gasteiger partial charge in [-0.15, -0.1) is 0 Å². The zero-order valence-corrected chi connectivity index (χ0v) is 12.8. The van der Waals surface area contributed by atoms with Crippen molar-refractivity contribution in [1.82, 2.24) is 9.97 Å². The monoisotopic (exact) mass is 278 g/mol. The number of rotatable bonds is 5. The standard InChI is InChI=1S/C15H26N4O/c1-10(2)13-17-14(19-16)11(3)15(18-13)20-9-12-7-5-4-6-8-12/h10,12H,4-9,16H2,1-3H3,(H,17,18,19). The van der Waals surface area contributed by atoms with E-state index < -0.39 is 0 Å². The lowest BCUT2D eigenvalue weighted by molar-refractivity contribution is 0.201. The molecular weight excluding hydrogens is 252 g/mol. The lowest BCUT2D eigenvalue weighted by Gasteiger charge is -2.22. The Labute approximate surface area is 121 Å². The summed E-state index contributed by atoms with van der Waals surface area (Å²) in [6, 6.07) is 0. The Bertz CT molecular complexity index is 442. The van der Waals surface area contributed by atoms with Crippen molar-refractivity contribution in [2.45, 2.75) is 58.8 Å². The third-order valence-corrected chi connectivity index (χ3v) is 3.95. The van der Waals surface area contributed by atoms with Gasteiger partial charge in [0.05, 0.1) is 12.2 Å². The van der Waals surface area contributed by atoms with E-state index in [0.29, 0.717) is 17.6 Å². The molecule has 1 aliphatic carbocycles. The average molecular weight is 278 g/mol. The maximum atomic E-state index is 5.96. The second-order valence-electron chi connectivity index (χ2n) is 5.97. The highest BCUT2D eigenvalue weighted by Crippen LogP contribution is 2.27. The van der Waals surface area contributed by atoms with E-state index in [1.807, 2.05) is 6.92 Å². The van der Waals surface area contributed by atoms with E-state index in [1.165, 1.54) is 32.1 Å². The van der Waals surface area contributed by atoms with E-state index in [0.717, 1.165) is 18.0 Å². The van der Waals surface area contributed by atoms with Crippen molar-refractivity contribution in [3.05, 3.63) is 11.4 Å². The second-order valence-corrected chi connectivity index (χ2v) is 5.97. The maximum absolute atomic E-state index is 5.96. The summed E-state index contributed by atoms with van der Waals surface area (Å²) in [6.07, 6.45) is 6.54. The Balaban J connectivity index is 2.10. The highest BCUT2D eigenvalue weighted by Gasteiger charge is 2.17. The molecule has 0 saturated heterocycles. The smallest absolute Gasteiger partial charge is 0.221 e. The molecule has 0 aromatic carbocycles. The molecule has 20 heavy (non-hydrogen) atoms. The van der Waals surface area contributed by atoms with Crippen LogP contribution in [0.3, 0.4) is 0 Å². The Hall–Kier alpha value is -1.36. The molecule has 1 aliphatic rings. The molecule has 0 atom stereocenters. The largest absolute Gasteiger partial charge is 0.477 e. The van der Waals surface area contributed by atoms with Gasteiger partial charge in [0, 0.05) is 5.92 Å². The summed E-state index contributed by atoms with van der Waals surface area (Å²) < 4.78 is 5.96. The minimum absolute atomic E-state index is 0.250. The maximum Gasteiger partial charge on any atom is 0.221 e. The molecule has 0 unspecified atom stereocenters. The van der Waals surface area contributed by atoms with Crippen LogP contribution in [0.25, 0.3) is 0 Å². The van der Waals surface area contributed by atoms with Crippen molar-refractivity contribution < 1.29 is 4.74 Å². The van der Waals surface area contributed by atoms with Gasteiger partial charge in [-0.3, -0.25) is 0 Å². The number of nitrogens with two attached hydrogens (primary N) is 1. The molecule has 1 fully saturated rings. The molecular formula is C15H26N4O. The molecule has 1 heterocycles. The van der Waals surface area contributed by atoms with Crippen LogP contribution in [-0.2, 0) is 0 Å². The minimum Gasteiger partial charge on any atom is -0.477 e. The van der Waals surface area contributed by atoms with Gasteiger partial charge in [0.25, 0.3) is 0 Å². The Kier molecular flexibility index (Phi) is 5.17. The fourth-order valence-corrected chi connectivity index (χ4v) is 2.60. The van der Waals surface area contributed by atoms with Crippen molar-refractivity contribution >= 4 is 5.82 Å². The molecule has 1 saturated carbocycles. The fourth-order valence-electron chi connectivity index (χ4n) is 2.60. The van der Waals surface area contributed by atoms with E-state index in [4.69, 9.17) is 10.6 Å². The summed E-state index contributed by atoms with van der Waals surface area (Å²) in [5, 5.41) is 0. The zero-order chi connectivity index (χ0) is 14.5. The lowest BCUT2D eigenvalue weighted by Crippen LogP contribution is -2.18. The second kappa shape index (κ2) is 6.88. The first-order valence-electron chi connectivity index (χ1n) is 7.59. The van der Waals surface area contributed by atoms with Crippen LogP contribution in [0.5, 0.6) is 5.88 Å². The van der Waals surface area contributed by atoms with E-state index in [-0.39, 0.29) is 5.92 Å². The van der Waals surface area contributed by atoms with Gasteiger partial charge in [0.1, 0.15) is 11.6 Å². The number of ether oxygens (including phenoxy) is 1. The van der Waals surface area contributed by atoms with Gasteiger partial charge in [0.15, 0.2) is 0 Å². The molecule has 0 spiro atoms. The van der Waals surface area contributed by atoms with Crippen molar-refractivity contribution in [1.29, 1.82) is 0 Å². The first-order chi connectivity index (χ1) is 9.61. The van der Waals surface area contributed by atoms with E-state index >= 15 is 0 Å². The number of nitrogens with zero attached hydrogens (tertiary/aromatic N) is 2. The molecule has 0 amide bonds. The summed E-state index contributed by atoms with van der Waals surface area (Å²) >= 11 is 0. The van der Waals surface area contributed by atoms with Gasteiger partial charge in [-0.2, -0.15) is 4.98 Å². The predicted octanol–water partition coefficient (Wildman–Crippen LogP) is 3.15. The molecule has 112 valence electrons. The highest BCUT2D eigenvalue weighted by atomic mass is 16.5. The van der Waals surface area contributed by atoms with Gasteiger partial charge in [-0.25, -0.2) is 10.8 Å². The van der Waals surface area contributed by atoms with E-state index in [9.17, 15) is 0 Å². The molecule has 2 rings (SSSR count). The van der Waals surface area contributed by atoms with Gasteiger partial charge >= 0.3 is 0 Å². The van der Waals surface area contributed by atoms with Crippen molar-refractivity contribution in [2.24, 2.45) is 11.8 Å². The SMILES string of the molecule is Cc1c(NN)nc(C(C)C)nc1OCC1CCCCC1. The number of hydrazine groups is 1. The number of nitrogen functional groups attached to an aromatic ring is 1. The first-order valence-corrected chi connectivity index (χ1v) is 7.59. The molecule has 3 N–H and O–H groups in total. The zero-order valence-electron chi connectivity index (χ0n) is 12.8. The van der Waals surface area contributed by atoms with Crippen LogP contribution < -0.4 is 16.0 Å². The van der Waals surface area contributed by atoms with Gasteiger partial charge in [-0.05, 0) is 25.7 Å². The van der Waals surface area contributed by atoms with Gasteiger partial charge in [0.2, 0.25) is 5.88 Å². The van der Waals surface area contributed by atoms with Crippen LogP contribution in [0.1, 0.15) is 63.3 Å². The van der Waals surface area contributed by atoms with Crippen LogP contribution in [0.15, 0.2) is 0 Å². The lowest BCUT2D eigenvalue weighted by atomic mass is 9.90. The Morgan fingerprint density at radius 1 is 1.25 bits per heavy atom. The summed E-state index contributed by atoms with van der Waals surface area (Å²) in [5.74, 6) is 8.53. The molecule has 5 nitrogen and oxygen atoms in total. The van der Waals surface area contributed by atoms with E-state index in [2.05, 4.69) is 29.2 Å². The summed E-state index contributed by atoms with van der Waals surface area (Å²) in [5.41, 5.74) is 3.52. The molecule has 1 aromatic rings. The Morgan fingerprint density at radius 2 is 1.95 bits per heavy atom. The molecule has 5 heteroatoms. The van der Waals surface area contributed by atoms with Crippen LogP contribution in [0.4, 0.5) is 5.82 Å². The van der Waals surface area contributed by atoms with Crippen molar-refractivity contribution in [3.63, 3.8) is 0 Å². The molecule has 1 aromatic heterocycles. The number of anilines is 1. The average Bonchev–Trinajstić information content (AvgIpc) is 2.47. The number of nitrogens with one attached hydrogen (secondary N) is 1.